The molecule has 1 heterocycles. The quantitative estimate of drug-likeness (QED) is 0.463. The first kappa shape index (κ1) is 21.6. The Morgan fingerprint density at radius 1 is 1.13 bits per heavy atom. The molecule has 8 nitrogen and oxygen atoms in total. The first-order valence-corrected chi connectivity index (χ1v) is 9.47. The van der Waals surface area contributed by atoms with Crippen molar-refractivity contribution in [3.05, 3.63) is 83.6 Å². The Bertz CT molecular complexity index is 1090. The molecule has 3 rings (SSSR count). The minimum absolute atomic E-state index is 0.0613. The van der Waals surface area contributed by atoms with Crippen LogP contribution in [-0.2, 0) is 20.9 Å². The van der Waals surface area contributed by atoms with Gasteiger partial charge in [0.25, 0.3) is 0 Å². The number of aryl methyl sites for hydroxylation is 1. The first-order valence-electron chi connectivity index (χ1n) is 9.47. The lowest BCUT2D eigenvalue weighted by molar-refractivity contribution is -0.136. The number of nitrogens with one attached hydrogen (secondary N) is 1. The molecule has 8 heteroatoms. The Morgan fingerprint density at radius 3 is 2.55 bits per heavy atom. The van der Waals surface area contributed by atoms with Crippen molar-refractivity contribution in [2.24, 2.45) is 0 Å². The van der Waals surface area contributed by atoms with Gasteiger partial charge in [-0.3, -0.25) is 5.32 Å². The minimum atomic E-state index is -0.766. The molecule has 0 saturated carbocycles. The summed E-state index contributed by atoms with van der Waals surface area (Å²) in [6.07, 6.45) is 4.28. The van der Waals surface area contributed by atoms with Gasteiger partial charge in [0.1, 0.15) is 18.1 Å². The van der Waals surface area contributed by atoms with Crippen LogP contribution >= 0.6 is 0 Å². The van der Waals surface area contributed by atoms with Crippen molar-refractivity contribution in [2.45, 2.75) is 13.5 Å². The number of imidazole rings is 1. The third-order valence-electron chi connectivity index (χ3n) is 4.36. The highest BCUT2D eigenvalue weighted by molar-refractivity contribution is 5.96. The van der Waals surface area contributed by atoms with E-state index in [9.17, 15) is 9.59 Å². The summed E-state index contributed by atoms with van der Waals surface area (Å²) in [4.78, 5) is 28.6. The van der Waals surface area contributed by atoms with Gasteiger partial charge in [0.05, 0.1) is 31.9 Å². The lowest BCUT2D eigenvalue weighted by Gasteiger charge is -2.12. The van der Waals surface area contributed by atoms with Crippen LogP contribution in [0.4, 0.5) is 4.79 Å². The standard InChI is InChI=1S/C23H23N3O5/c1-16-13-26(15-24-16)20-10-9-18(12-21(20)29-2)11-19(22(27)30-3)25-23(28)31-14-17-7-5-4-6-8-17/h4-13,15H,14H2,1-3H3,(H,25,28)/b19-11+. The molecule has 0 aliphatic rings. The van der Waals surface area contributed by atoms with Crippen molar-refractivity contribution in [1.29, 1.82) is 0 Å². The van der Waals surface area contributed by atoms with Crippen LogP contribution in [0.25, 0.3) is 11.8 Å². The predicted molar refractivity (Wildman–Crippen MR) is 115 cm³/mol. The molecule has 0 radical (unpaired) electrons. The molecule has 31 heavy (non-hydrogen) atoms. The lowest BCUT2D eigenvalue weighted by Crippen LogP contribution is -2.28. The number of aromatic nitrogens is 2. The van der Waals surface area contributed by atoms with E-state index in [4.69, 9.17) is 14.2 Å². The van der Waals surface area contributed by atoms with Gasteiger partial charge in [0.15, 0.2) is 0 Å². The maximum Gasteiger partial charge on any atom is 0.412 e. The van der Waals surface area contributed by atoms with Crippen molar-refractivity contribution in [2.75, 3.05) is 14.2 Å². The molecule has 0 aliphatic carbocycles. The Labute approximate surface area is 180 Å². The summed E-state index contributed by atoms with van der Waals surface area (Å²) in [5.74, 6) is -0.132. The highest BCUT2D eigenvalue weighted by atomic mass is 16.6. The molecule has 3 aromatic rings. The number of esters is 1. The summed E-state index contributed by atoms with van der Waals surface area (Å²) in [6.45, 7) is 1.97. The Kier molecular flexibility index (Phi) is 7.05. The largest absolute Gasteiger partial charge is 0.495 e. The van der Waals surface area contributed by atoms with Crippen molar-refractivity contribution >= 4 is 18.1 Å². The Balaban J connectivity index is 1.79. The third kappa shape index (κ3) is 5.72. The Hall–Kier alpha value is -4.07. The lowest BCUT2D eigenvalue weighted by atomic mass is 10.1. The highest BCUT2D eigenvalue weighted by Crippen LogP contribution is 2.25. The number of nitrogens with zero attached hydrogens (tertiary/aromatic N) is 2. The van der Waals surface area contributed by atoms with Crippen LogP contribution in [0, 0.1) is 6.92 Å². The number of benzene rings is 2. The van der Waals surface area contributed by atoms with Gasteiger partial charge in [-0.1, -0.05) is 36.4 Å². The van der Waals surface area contributed by atoms with Gasteiger partial charge >= 0.3 is 12.1 Å². The number of hydrogen-bond donors (Lipinski definition) is 1. The molecule has 0 aliphatic heterocycles. The van der Waals surface area contributed by atoms with E-state index in [1.165, 1.54) is 13.2 Å². The van der Waals surface area contributed by atoms with Crippen molar-refractivity contribution in [3.8, 4) is 11.4 Å². The van der Waals surface area contributed by atoms with Crippen LogP contribution in [0.2, 0.25) is 0 Å². The van der Waals surface area contributed by atoms with Crippen molar-refractivity contribution in [1.82, 2.24) is 14.9 Å². The van der Waals surface area contributed by atoms with E-state index in [2.05, 4.69) is 10.3 Å². The normalized spacial score (nSPS) is 11.0. The van der Waals surface area contributed by atoms with E-state index in [0.717, 1.165) is 16.9 Å². The van der Waals surface area contributed by atoms with Crippen LogP contribution in [0.5, 0.6) is 5.75 Å². The molecule has 0 atom stereocenters. The number of alkyl carbamates (subject to hydrolysis) is 1. The number of hydrogen-bond acceptors (Lipinski definition) is 6. The fourth-order valence-corrected chi connectivity index (χ4v) is 2.84. The first-order chi connectivity index (χ1) is 15.0. The van der Waals surface area contributed by atoms with E-state index < -0.39 is 12.1 Å². The van der Waals surface area contributed by atoms with Gasteiger partial charge in [-0.2, -0.15) is 0 Å². The molecular formula is C23H23N3O5. The summed E-state index contributed by atoms with van der Waals surface area (Å²) in [6, 6.07) is 14.6. The topological polar surface area (TPSA) is 91.7 Å². The van der Waals surface area contributed by atoms with E-state index >= 15 is 0 Å². The summed E-state index contributed by atoms with van der Waals surface area (Å²) in [5.41, 5.74) is 3.05. The minimum Gasteiger partial charge on any atom is -0.495 e. The zero-order chi connectivity index (χ0) is 22.2. The second-order valence-electron chi connectivity index (χ2n) is 6.59. The predicted octanol–water partition coefficient (Wildman–Crippen LogP) is 3.63. The van der Waals surface area contributed by atoms with Crippen LogP contribution in [0.3, 0.4) is 0 Å². The molecule has 0 fully saturated rings. The smallest absolute Gasteiger partial charge is 0.412 e. The number of carbonyl (C=O) groups excluding carboxylic acids is 2. The van der Waals surface area contributed by atoms with Gasteiger partial charge < -0.3 is 18.8 Å². The van der Waals surface area contributed by atoms with Gasteiger partial charge in [-0.05, 0) is 36.3 Å². The zero-order valence-corrected chi connectivity index (χ0v) is 17.5. The number of amides is 1. The van der Waals surface area contributed by atoms with Crippen LogP contribution in [-0.4, -0.2) is 35.8 Å². The monoisotopic (exact) mass is 421 g/mol. The molecule has 0 bridgehead atoms. The average molecular weight is 421 g/mol. The van der Waals surface area contributed by atoms with E-state index in [1.807, 2.05) is 54.1 Å². The van der Waals surface area contributed by atoms with E-state index in [0.29, 0.717) is 11.3 Å². The molecule has 0 saturated heterocycles. The maximum absolute atomic E-state index is 12.2. The molecule has 1 N–H and O–H groups in total. The number of methoxy groups -OCH3 is 2. The van der Waals surface area contributed by atoms with Crippen molar-refractivity contribution in [3.63, 3.8) is 0 Å². The molecule has 160 valence electrons. The second-order valence-corrected chi connectivity index (χ2v) is 6.59. The third-order valence-corrected chi connectivity index (χ3v) is 4.36. The van der Waals surface area contributed by atoms with Gasteiger partial charge in [-0.25, -0.2) is 14.6 Å². The SMILES string of the molecule is COC(=O)/C(=C\c1ccc(-n2cnc(C)c2)c(OC)c1)NC(=O)OCc1ccccc1. The van der Waals surface area contributed by atoms with E-state index in [-0.39, 0.29) is 12.3 Å². The molecule has 0 spiro atoms. The molecule has 2 aromatic carbocycles. The fraction of sp³-hybridized carbons (Fsp3) is 0.174. The molecule has 0 unspecified atom stereocenters. The highest BCUT2D eigenvalue weighted by Gasteiger charge is 2.15. The number of ether oxygens (including phenoxy) is 3. The molecule has 1 aromatic heterocycles. The molecule has 1 amide bonds. The average Bonchev–Trinajstić information content (AvgIpc) is 3.23. The summed E-state index contributed by atoms with van der Waals surface area (Å²) >= 11 is 0. The van der Waals surface area contributed by atoms with Crippen LogP contribution in [0.1, 0.15) is 16.8 Å². The van der Waals surface area contributed by atoms with E-state index in [1.54, 1.807) is 25.6 Å². The Morgan fingerprint density at radius 2 is 1.90 bits per heavy atom. The zero-order valence-electron chi connectivity index (χ0n) is 17.5. The maximum atomic E-state index is 12.2. The molecular weight excluding hydrogens is 398 g/mol. The second kappa shape index (κ2) is 10.1. The van der Waals surface area contributed by atoms with Crippen molar-refractivity contribution < 1.29 is 23.8 Å². The van der Waals surface area contributed by atoms with Crippen LogP contribution < -0.4 is 10.1 Å². The van der Waals surface area contributed by atoms with Gasteiger partial charge in [-0.15, -0.1) is 0 Å². The van der Waals surface area contributed by atoms with Gasteiger partial charge in [0, 0.05) is 6.20 Å². The number of rotatable bonds is 7. The summed E-state index contributed by atoms with van der Waals surface area (Å²) in [5, 5.41) is 2.44. The van der Waals surface area contributed by atoms with Gasteiger partial charge in [0.2, 0.25) is 0 Å². The van der Waals surface area contributed by atoms with Crippen LogP contribution in [0.15, 0.2) is 66.8 Å². The summed E-state index contributed by atoms with van der Waals surface area (Å²) in [7, 11) is 2.79. The number of carbonyl (C=O) groups is 2. The summed E-state index contributed by atoms with van der Waals surface area (Å²) < 4.78 is 17.3. The fourth-order valence-electron chi connectivity index (χ4n) is 2.84.